The molecule has 8 heteroatoms. The molecule has 0 fully saturated rings. The van der Waals surface area contributed by atoms with Gasteiger partial charge in [-0.2, -0.15) is 10.2 Å². The molecular weight excluding hydrogens is 286 g/mol. The predicted octanol–water partition coefficient (Wildman–Crippen LogP) is 0.812. The van der Waals surface area contributed by atoms with E-state index >= 15 is 0 Å². The Morgan fingerprint density at radius 3 is 3.11 bits per heavy atom. The van der Waals surface area contributed by atoms with Gasteiger partial charge in [0.25, 0.3) is 0 Å². The molecule has 1 aromatic heterocycles. The average Bonchev–Trinajstić information content (AvgIpc) is 2.69. The number of hydrogen-bond acceptors (Lipinski definition) is 6. The van der Waals surface area contributed by atoms with Crippen molar-refractivity contribution in [2.24, 2.45) is 5.73 Å². The molecule has 0 bridgehead atoms. The molecule has 0 saturated carbocycles. The van der Waals surface area contributed by atoms with E-state index in [1.165, 1.54) is 11.8 Å². The van der Waals surface area contributed by atoms with Crippen molar-refractivity contribution in [1.29, 1.82) is 0 Å². The lowest BCUT2D eigenvalue weighted by Gasteiger charge is -2.27. The molecule has 3 N–H and O–H groups in total. The van der Waals surface area contributed by atoms with E-state index in [0.29, 0.717) is 29.7 Å². The van der Waals surface area contributed by atoms with Gasteiger partial charge in [-0.3, -0.25) is 4.79 Å². The summed E-state index contributed by atoms with van der Waals surface area (Å²) in [7, 11) is 0. The molecule has 1 aliphatic heterocycles. The van der Waals surface area contributed by atoms with E-state index in [0.717, 1.165) is 12.1 Å². The molecule has 0 aliphatic carbocycles. The Morgan fingerprint density at radius 1 is 1.63 bits per heavy atom. The highest BCUT2D eigenvalue weighted by molar-refractivity contribution is 8.05. The fraction of sp³-hybridized carbons (Fsp3) is 0.364. The number of nitrogens with zero attached hydrogens (tertiary/aromatic N) is 3. The highest BCUT2D eigenvalue weighted by atomic mass is 35.5. The minimum Gasteiger partial charge on any atom is -0.338 e. The number of amides is 1. The molecule has 19 heavy (non-hydrogen) atoms. The summed E-state index contributed by atoms with van der Waals surface area (Å²) in [6.07, 6.45) is 3.00. The van der Waals surface area contributed by atoms with Gasteiger partial charge in [-0.25, -0.2) is 0 Å². The van der Waals surface area contributed by atoms with Crippen molar-refractivity contribution in [2.45, 2.75) is 18.3 Å². The summed E-state index contributed by atoms with van der Waals surface area (Å²) in [5.41, 5.74) is 6.42. The van der Waals surface area contributed by atoms with Crippen LogP contribution in [0.4, 0.5) is 0 Å². The topological polar surface area (TPSA) is 84.1 Å². The fourth-order valence-electron chi connectivity index (χ4n) is 1.82. The van der Waals surface area contributed by atoms with E-state index < -0.39 is 0 Å². The van der Waals surface area contributed by atoms with Crippen LogP contribution in [0, 0.1) is 0 Å². The molecule has 0 aromatic carbocycles. The number of thioether (sulfide) groups is 1. The van der Waals surface area contributed by atoms with E-state index in [4.69, 9.17) is 17.3 Å². The highest BCUT2D eigenvalue weighted by Gasteiger charge is 2.31. The highest BCUT2D eigenvalue weighted by Crippen LogP contribution is 2.41. The average molecular weight is 300 g/mol. The van der Waals surface area contributed by atoms with Crippen molar-refractivity contribution >= 4 is 29.8 Å². The summed E-state index contributed by atoms with van der Waals surface area (Å²) in [5.74, 6) is 0.603. The van der Waals surface area contributed by atoms with Crippen LogP contribution in [0.25, 0.3) is 0 Å². The second-order valence-electron chi connectivity index (χ2n) is 3.88. The predicted molar refractivity (Wildman–Crippen MR) is 74.7 cm³/mol. The lowest BCUT2D eigenvalue weighted by Crippen LogP contribution is -2.35. The van der Waals surface area contributed by atoms with Crippen LogP contribution in [0.2, 0.25) is 0 Å². The first-order chi connectivity index (χ1) is 9.26. The number of rotatable bonds is 6. The zero-order valence-electron chi connectivity index (χ0n) is 10.1. The van der Waals surface area contributed by atoms with E-state index in [2.05, 4.69) is 15.5 Å². The quantitative estimate of drug-likeness (QED) is 0.756. The van der Waals surface area contributed by atoms with E-state index in [9.17, 15) is 4.79 Å². The molecule has 0 spiro atoms. The van der Waals surface area contributed by atoms with Crippen molar-refractivity contribution in [3.8, 4) is 0 Å². The van der Waals surface area contributed by atoms with Crippen LogP contribution in [-0.4, -0.2) is 33.4 Å². The Labute approximate surface area is 120 Å². The van der Waals surface area contributed by atoms with Crippen molar-refractivity contribution in [3.05, 3.63) is 34.2 Å². The SMILES string of the molecule is NCCC1SC(Cl)=C(NC=O)N1Cc1cccnn1. The van der Waals surface area contributed by atoms with Crippen LogP contribution in [0.5, 0.6) is 0 Å². The summed E-state index contributed by atoms with van der Waals surface area (Å²) >= 11 is 7.64. The van der Waals surface area contributed by atoms with Gasteiger partial charge >= 0.3 is 0 Å². The van der Waals surface area contributed by atoms with Gasteiger partial charge < -0.3 is 16.0 Å². The van der Waals surface area contributed by atoms with Gasteiger partial charge in [0.05, 0.1) is 17.6 Å². The Bertz CT molecular complexity index is 469. The second kappa shape index (κ2) is 6.74. The van der Waals surface area contributed by atoms with Crippen LogP contribution in [-0.2, 0) is 11.3 Å². The fourth-order valence-corrected chi connectivity index (χ4v) is 3.38. The third-order valence-electron chi connectivity index (χ3n) is 2.63. The monoisotopic (exact) mass is 299 g/mol. The first kappa shape index (κ1) is 14.1. The third-order valence-corrected chi connectivity index (χ3v) is 4.24. The first-order valence-corrected chi connectivity index (χ1v) is 7.02. The van der Waals surface area contributed by atoms with E-state index in [1.54, 1.807) is 6.20 Å². The number of carbonyl (C=O) groups excluding carboxylic acids is 1. The van der Waals surface area contributed by atoms with Crippen molar-refractivity contribution in [2.75, 3.05) is 6.54 Å². The summed E-state index contributed by atoms with van der Waals surface area (Å²) < 4.78 is 0.564. The Morgan fingerprint density at radius 2 is 2.47 bits per heavy atom. The van der Waals surface area contributed by atoms with E-state index in [1.807, 2.05) is 17.0 Å². The van der Waals surface area contributed by atoms with Gasteiger partial charge in [-0.15, -0.1) is 0 Å². The van der Waals surface area contributed by atoms with Crippen molar-refractivity contribution < 1.29 is 4.79 Å². The summed E-state index contributed by atoms with van der Waals surface area (Å²) in [5, 5.41) is 10.6. The Hall–Kier alpha value is -1.31. The van der Waals surface area contributed by atoms with Crippen molar-refractivity contribution in [3.63, 3.8) is 0 Å². The standard InChI is InChI=1S/C11H14ClN5OS/c12-10-11(14-7-18)17(9(19-10)3-4-13)6-8-2-1-5-15-16-8/h1-2,5,7,9H,3-4,6,13H2,(H,14,18). The van der Waals surface area contributed by atoms with Crippen LogP contribution >= 0.6 is 23.4 Å². The first-order valence-electron chi connectivity index (χ1n) is 5.76. The van der Waals surface area contributed by atoms with E-state index in [-0.39, 0.29) is 5.37 Å². The largest absolute Gasteiger partial charge is 0.338 e. The lowest BCUT2D eigenvalue weighted by molar-refractivity contribution is -0.109. The summed E-state index contributed by atoms with van der Waals surface area (Å²) in [6.45, 7) is 1.07. The maximum absolute atomic E-state index is 10.7. The molecule has 0 saturated heterocycles. The number of carbonyl (C=O) groups is 1. The molecule has 2 heterocycles. The summed E-state index contributed by atoms with van der Waals surface area (Å²) in [4.78, 5) is 12.7. The molecule has 6 nitrogen and oxygen atoms in total. The zero-order valence-corrected chi connectivity index (χ0v) is 11.7. The Balaban J connectivity index is 2.18. The normalized spacial score (nSPS) is 18.8. The summed E-state index contributed by atoms with van der Waals surface area (Å²) in [6, 6.07) is 3.70. The molecular formula is C11H14ClN5OS. The third kappa shape index (κ3) is 3.37. The number of halogens is 1. The lowest BCUT2D eigenvalue weighted by atomic mass is 10.3. The van der Waals surface area contributed by atoms with Gasteiger partial charge in [0.2, 0.25) is 6.41 Å². The smallest absolute Gasteiger partial charge is 0.212 e. The second-order valence-corrected chi connectivity index (χ2v) is 5.67. The van der Waals surface area contributed by atoms with Crippen LogP contribution in [0.15, 0.2) is 28.5 Å². The van der Waals surface area contributed by atoms with Crippen LogP contribution < -0.4 is 11.1 Å². The molecule has 1 aliphatic rings. The number of hydrogen-bond donors (Lipinski definition) is 2. The molecule has 1 aromatic rings. The molecule has 1 amide bonds. The molecule has 2 rings (SSSR count). The Kier molecular flexibility index (Phi) is 5.00. The minimum atomic E-state index is 0.0990. The molecule has 102 valence electrons. The zero-order chi connectivity index (χ0) is 13.7. The van der Waals surface area contributed by atoms with Gasteiger partial charge in [0.1, 0.15) is 10.2 Å². The van der Waals surface area contributed by atoms with Crippen molar-refractivity contribution in [1.82, 2.24) is 20.4 Å². The van der Waals surface area contributed by atoms with Gasteiger partial charge in [0.15, 0.2) is 0 Å². The number of nitrogens with two attached hydrogens (primary N) is 1. The molecule has 0 radical (unpaired) electrons. The maximum Gasteiger partial charge on any atom is 0.212 e. The molecule has 1 unspecified atom stereocenters. The number of nitrogens with one attached hydrogen (secondary N) is 1. The van der Waals surface area contributed by atoms with Crippen LogP contribution in [0.3, 0.4) is 0 Å². The van der Waals surface area contributed by atoms with Gasteiger partial charge in [-0.05, 0) is 25.1 Å². The number of aromatic nitrogens is 2. The van der Waals surface area contributed by atoms with Crippen LogP contribution in [0.1, 0.15) is 12.1 Å². The minimum absolute atomic E-state index is 0.0990. The maximum atomic E-state index is 10.7. The van der Waals surface area contributed by atoms with Gasteiger partial charge in [-0.1, -0.05) is 23.4 Å². The van der Waals surface area contributed by atoms with Gasteiger partial charge in [0, 0.05) is 6.20 Å². The molecule has 1 atom stereocenters.